The van der Waals surface area contributed by atoms with Gasteiger partial charge >= 0.3 is 12.4 Å². The van der Waals surface area contributed by atoms with Gasteiger partial charge in [0.05, 0.1) is 22.8 Å². The summed E-state index contributed by atoms with van der Waals surface area (Å²) in [5.74, 6) is -2.85. The number of carbonyl (C=O) groups is 2. The normalized spacial score (nSPS) is 12.9. The van der Waals surface area contributed by atoms with Gasteiger partial charge in [-0.3, -0.25) is 14.1 Å². The van der Waals surface area contributed by atoms with E-state index in [-0.39, 0.29) is 46.3 Å². The second-order valence-electron chi connectivity index (χ2n) is 14.7. The third kappa shape index (κ3) is 11.1. The van der Waals surface area contributed by atoms with Crippen molar-refractivity contribution in [2.75, 3.05) is 17.6 Å². The van der Waals surface area contributed by atoms with Gasteiger partial charge in [-0.1, -0.05) is 93.6 Å². The molecule has 5 aromatic carbocycles. The number of hydrogen-bond donors (Lipinski definition) is 3. The van der Waals surface area contributed by atoms with Gasteiger partial charge in [-0.2, -0.15) is 34.8 Å². The van der Waals surface area contributed by atoms with Gasteiger partial charge < -0.3 is 10.6 Å². The second kappa shape index (κ2) is 16.6. The molecule has 0 saturated carbocycles. The SMILES string of the molecule is Cc1cc(C(F)(F)F)ccc1-c1ccc(NC(=O)C(Cc2ccc(C(=O)NCCS(=O)(=O)O)cc2)c2ccc(-c3ccc(C(C)(C)C)cc3)cc2)cc1C(F)(F)F. The van der Waals surface area contributed by atoms with Crippen molar-refractivity contribution in [2.45, 2.75) is 57.8 Å². The second-order valence-corrected chi connectivity index (χ2v) is 16.3. The average Bonchev–Trinajstić information content (AvgIpc) is 3.12. The lowest BCUT2D eigenvalue weighted by Crippen LogP contribution is -2.28. The topological polar surface area (TPSA) is 113 Å². The molecule has 2 amide bonds. The summed E-state index contributed by atoms with van der Waals surface area (Å²) >= 11 is 0. The summed E-state index contributed by atoms with van der Waals surface area (Å²) in [6.45, 7) is 7.29. The molecule has 0 fully saturated rings. The number of carbonyl (C=O) groups excluding carboxylic acids is 2. The molecule has 5 rings (SSSR count). The molecule has 0 heterocycles. The summed E-state index contributed by atoms with van der Waals surface area (Å²) in [7, 11) is -4.28. The number of amides is 2. The van der Waals surface area contributed by atoms with Crippen LogP contribution < -0.4 is 10.6 Å². The van der Waals surface area contributed by atoms with E-state index in [2.05, 4.69) is 31.4 Å². The number of nitrogens with one attached hydrogen (secondary N) is 2. The molecule has 7 nitrogen and oxygen atoms in total. The largest absolute Gasteiger partial charge is 0.417 e. The van der Waals surface area contributed by atoms with Crippen molar-refractivity contribution in [1.82, 2.24) is 5.32 Å². The van der Waals surface area contributed by atoms with E-state index in [9.17, 15) is 44.3 Å². The Kier molecular flexibility index (Phi) is 12.4. The van der Waals surface area contributed by atoms with Crippen LogP contribution in [0.2, 0.25) is 0 Å². The summed E-state index contributed by atoms with van der Waals surface area (Å²) in [5, 5.41) is 5.00. The highest BCUT2D eigenvalue weighted by atomic mass is 32.2. The zero-order valence-corrected chi connectivity index (χ0v) is 32.2. The summed E-state index contributed by atoms with van der Waals surface area (Å²) < 4.78 is 114. The third-order valence-electron chi connectivity index (χ3n) is 9.45. The fourth-order valence-corrected chi connectivity index (χ4v) is 6.68. The Balaban J connectivity index is 1.45. The molecule has 0 aliphatic rings. The molecule has 0 spiro atoms. The first-order valence-electron chi connectivity index (χ1n) is 17.7. The molecule has 0 saturated heterocycles. The number of aryl methyl sites for hydroxylation is 1. The van der Waals surface area contributed by atoms with Crippen LogP contribution in [-0.2, 0) is 39.1 Å². The van der Waals surface area contributed by atoms with Crippen LogP contribution in [0.5, 0.6) is 0 Å². The molecular formula is C43H40F6N2O5S. The molecule has 0 aliphatic carbocycles. The van der Waals surface area contributed by atoms with Gasteiger partial charge in [-0.15, -0.1) is 0 Å². The Morgan fingerprint density at radius 1 is 0.702 bits per heavy atom. The lowest BCUT2D eigenvalue weighted by atomic mass is 9.86. The van der Waals surface area contributed by atoms with Crippen molar-refractivity contribution < 1.29 is 48.9 Å². The molecule has 1 unspecified atom stereocenters. The van der Waals surface area contributed by atoms with Crippen molar-refractivity contribution in [1.29, 1.82) is 0 Å². The Hall–Kier alpha value is -5.47. The average molecular weight is 811 g/mol. The van der Waals surface area contributed by atoms with Crippen LogP contribution in [0.1, 0.15) is 70.4 Å². The van der Waals surface area contributed by atoms with Gasteiger partial charge in [-0.05, 0) is 99.7 Å². The van der Waals surface area contributed by atoms with E-state index >= 15 is 0 Å². The van der Waals surface area contributed by atoms with E-state index in [4.69, 9.17) is 4.55 Å². The number of hydrogen-bond acceptors (Lipinski definition) is 4. The van der Waals surface area contributed by atoms with Crippen molar-refractivity contribution in [3.8, 4) is 22.3 Å². The van der Waals surface area contributed by atoms with Crippen molar-refractivity contribution in [2.24, 2.45) is 0 Å². The van der Waals surface area contributed by atoms with Crippen LogP contribution >= 0.6 is 0 Å². The van der Waals surface area contributed by atoms with Crippen LogP contribution in [0.3, 0.4) is 0 Å². The highest BCUT2D eigenvalue weighted by molar-refractivity contribution is 7.85. The van der Waals surface area contributed by atoms with Crippen LogP contribution in [0.15, 0.2) is 109 Å². The first-order valence-corrected chi connectivity index (χ1v) is 19.3. The fraction of sp³-hybridized carbons (Fsp3) is 0.256. The number of alkyl halides is 6. The maximum Gasteiger partial charge on any atom is 0.417 e. The van der Waals surface area contributed by atoms with E-state index in [0.29, 0.717) is 11.1 Å². The summed E-state index contributed by atoms with van der Waals surface area (Å²) in [4.78, 5) is 26.6. The van der Waals surface area contributed by atoms with Gasteiger partial charge in [0.15, 0.2) is 0 Å². The number of halogens is 6. The molecule has 0 radical (unpaired) electrons. The Bertz CT molecular complexity index is 2350. The molecule has 5 aromatic rings. The van der Waals surface area contributed by atoms with Crippen molar-refractivity contribution >= 4 is 27.6 Å². The van der Waals surface area contributed by atoms with Crippen LogP contribution in [0, 0.1) is 6.92 Å². The zero-order chi connectivity index (χ0) is 41.9. The molecule has 57 heavy (non-hydrogen) atoms. The monoisotopic (exact) mass is 810 g/mol. The molecule has 0 aromatic heterocycles. The van der Waals surface area contributed by atoms with E-state index in [1.54, 1.807) is 24.3 Å². The number of anilines is 1. The first kappa shape index (κ1) is 42.7. The number of benzene rings is 5. The Morgan fingerprint density at radius 3 is 1.79 bits per heavy atom. The van der Waals surface area contributed by atoms with E-state index in [1.165, 1.54) is 25.1 Å². The Labute approximate surface area is 326 Å². The molecule has 0 aliphatic heterocycles. The van der Waals surface area contributed by atoms with Crippen LogP contribution in [0.25, 0.3) is 22.3 Å². The van der Waals surface area contributed by atoms with E-state index in [0.717, 1.165) is 47.0 Å². The summed E-state index contributed by atoms with van der Waals surface area (Å²) in [5.41, 5.74) is 1.49. The minimum Gasteiger partial charge on any atom is -0.351 e. The Morgan fingerprint density at radius 2 is 1.26 bits per heavy atom. The van der Waals surface area contributed by atoms with Crippen LogP contribution in [0.4, 0.5) is 32.0 Å². The summed E-state index contributed by atoms with van der Waals surface area (Å²) in [6, 6.07) is 27.0. The fourth-order valence-electron chi connectivity index (χ4n) is 6.32. The van der Waals surface area contributed by atoms with Gasteiger partial charge in [-0.25, -0.2) is 0 Å². The van der Waals surface area contributed by atoms with Gasteiger partial charge in [0.1, 0.15) is 0 Å². The molecular weight excluding hydrogens is 771 g/mol. The molecule has 0 bridgehead atoms. The first-order chi connectivity index (χ1) is 26.5. The van der Waals surface area contributed by atoms with E-state index in [1.807, 2.05) is 36.4 Å². The van der Waals surface area contributed by atoms with E-state index < -0.39 is 57.1 Å². The highest BCUT2D eigenvalue weighted by Gasteiger charge is 2.36. The zero-order valence-electron chi connectivity index (χ0n) is 31.3. The van der Waals surface area contributed by atoms with Gasteiger partial charge in [0, 0.05) is 17.8 Å². The lowest BCUT2D eigenvalue weighted by Gasteiger charge is -2.21. The smallest absolute Gasteiger partial charge is 0.351 e. The predicted molar refractivity (Wildman–Crippen MR) is 207 cm³/mol. The minimum atomic E-state index is -4.92. The lowest BCUT2D eigenvalue weighted by molar-refractivity contribution is -0.138. The third-order valence-corrected chi connectivity index (χ3v) is 10.2. The predicted octanol–water partition coefficient (Wildman–Crippen LogP) is 10.2. The molecule has 14 heteroatoms. The maximum atomic E-state index is 14.5. The van der Waals surface area contributed by atoms with Gasteiger partial charge in [0.2, 0.25) is 5.91 Å². The van der Waals surface area contributed by atoms with Gasteiger partial charge in [0.25, 0.3) is 16.0 Å². The molecule has 3 N–H and O–H groups in total. The quantitative estimate of drug-likeness (QED) is 0.0909. The molecule has 1 atom stereocenters. The maximum absolute atomic E-state index is 14.5. The van der Waals surface area contributed by atoms with Crippen LogP contribution in [-0.4, -0.2) is 37.1 Å². The minimum absolute atomic E-state index is 0.0117. The van der Waals surface area contributed by atoms with Crippen molar-refractivity contribution in [3.05, 3.63) is 148 Å². The molecule has 300 valence electrons. The number of rotatable bonds is 11. The highest BCUT2D eigenvalue weighted by Crippen LogP contribution is 2.41. The summed E-state index contributed by atoms with van der Waals surface area (Å²) in [6.07, 6.45) is -9.54. The standard InChI is InChI=1S/C43H40F6N2O5S/c1-26-23-33(42(44,45)46)17-19-35(26)36-20-18-34(25-38(36)43(47,48)49)51-40(53)37(24-27-5-7-31(8-6-27)39(52)50-21-22-57(54,55)56)30-11-9-28(10-12-30)29-13-15-32(16-14-29)41(2,3)4/h5-20,23,25,37H,21-22,24H2,1-4H3,(H,50,52)(H,51,53)(H,54,55,56). The van der Waals surface area contributed by atoms with Crippen molar-refractivity contribution in [3.63, 3.8) is 0 Å².